The number of aromatic nitrogens is 1. The van der Waals surface area contributed by atoms with Gasteiger partial charge in [-0.15, -0.1) is 0 Å². The van der Waals surface area contributed by atoms with Crippen LogP contribution in [-0.4, -0.2) is 25.2 Å². The molecule has 1 heterocycles. The van der Waals surface area contributed by atoms with Crippen molar-refractivity contribution in [2.24, 2.45) is 0 Å². The minimum absolute atomic E-state index is 0.334. The number of pyridine rings is 1. The Morgan fingerprint density at radius 2 is 1.96 bits per heavy atom. The molecule has 0 aliphatic heterocycles. The molecule has 0 fully saturated rings. The third-order valence-corrected chi connectivity index (χ3v) is 4.64. The fraction of sp³-hybridized carbons (Fsp3) is 0.182. The van der Waals surface area contributed by atoms with Crippen molar-refractivity contribution < 1.29 is 14.3 Å². The summed E-state index contributed by atoms with van der Waals surface area (Å²) in [6.45, 7) is 2.71. The number of benzene rings is 2. The lowest BCUT2D eigenvalue weighted by molar-refractivity contribution is 0.0597. The normalized spacial score (nSPS) is 10.4. The lowest BCUT2D eigenvalue weighted by Crippen LogP contribution is -2.04. The first-order chi connectivity index (χ1) is 13.5. The van der Waals surface area contributed by atoms with Crippen molar-refractivity contribution in [1.29, 1.82) is 0 Å². The Kier molecular flexibility index (Phi) is 6.16. The molecule has 28 heavy (non-hydrogen) atoms. The van der Waals surface area contributed by atoms with Crippen LogP contribution in [0.5, 0.6) is 5.75 Å². The molecule has 6 heteroatoms. The lowest BCUT2D eigenvalue weighted by atomic mass is 10.0. The van der Waals surface area contributed by atoms with Crippen molar-refractivity contribution in [3.63, 3.8) is 0 Å². The van der Waals surface area contributed by atoms with Gasteiger partial charge in [0, 0.05) is 18.3 Å². The van der Waals surface area contributed by atoms with Gasteiger partial charge in [0.05, 0.1) is 19.2 Å². The van der Waals surface area contributed by atoms with Crippen LogP contribution >= 0.6 is 11.6 Å². The highest BCUT2D eigenvalue weighted by Gasteiger charge is 2.15. The molecule has 0 bridgehead atoms. The van der Waals surface area contributed by atoms with Crippen LogP contribution in [0.4, 0.5) is 5.82 Å². The smallest absolute Gasteiger partial charge is 0.341 e. The van der Waals surface area contributed by atoms with Crippen LogP contribution < -0.4 is 10.1 Å². The molecule has 3 rings (SSSR count). The van der Waals surface area contributed by atoms with Crippen molar-refractivity contribution in [1.82, 2.24) is 4.98 Å². The summed E-state index contributed by atoms with van der Waals surface area (Å²) in [4.78, 5) is 16.4. The molecule has 0 radical (unpaired) electrons. The molecule has 0 saturated carbocycles. The number of esters is 1. The number of nitrogens with one attached hydrogen (secondary N) is 1. The second kappa shape index (κ2) is 8.76. The average molecular weight is 397 g/mol. The van der Waals surface area contributed by atoms with E-state index in [9.17, 15) is 4.79 Å². The Morgan fingerprint density at radius 3 is 2.64 bits per heavy atom. The molecular weight excluding hydrogens is 376 g/mol. The van der Waals surface area contributed by atoms with Crippen molar-refractivity contribution in [2.45, 2.75) is 13.5 Å². The number of ether oxygens (including phenoxy) is 2. The van der Waals surface area contributed by atoms with E-state index in [-0.39, 0.29) is 0 Å². The maximum absolute atomic E-state index is 12.0. The summed E-state index contributed by atoms with van der Waals surface area (Å²) in [7, 11) is 2.84. The molecule has 0 aliphatic carbocycles. The van der Waals surface area contributed by atoms with Gasteiger partial charge in [0.25, 0.3) is 0 Å². The first-order valence-electron chi connectivity index (χ1n) is 8.73. The SMILES string of the molecule is COC(=O)c1cc(-c2cnc(NCc3cccc(C)c3)cc2Cl)ccc1OC. The number of carbonyl (C=O) groups is 1. The van der Waals surface area contributed by atoms with Crippen molar-refractivity contribution >= 4 is 23.4 Å². The molecular formula is C22H21ClN2O3. The number of nitrogens with zero attached hydrogens (tertiary/aromatic N) is 1. The van der Waals surface area contributed by atoms with E-state index in [0.717, 1.165) is 11.1 Å². The number of rotatable bonds is 6. The van der Waals surface area contributed by atoms with Gasteiger partial charge in [0.2, 0.25) is 0 Å². The predicted octanol–water partition coefficient (Wildman–Crippen LogP) is 5.12. The molecule has 1 N–H and O–H groups in total. The van der Waals surface area contributed by atoms with E-state index in [1.165, 1.54) is 25.3 Å². The Hall–Kier alpha value is -3.05. The van der Waals surface area contributed by atoms with E-state index < -0.39 is 5.97 Å². The molecule has 0 unspecified atom stereocenters. The molecule has 0 atom stereocenters. The number of halogens is 1. The molecule has 0 amide bonds. The van der Waals surface area contributed by atoms with Gasteiger partial charge in [-0.1, -0.05) is 47.5 Å². The standard InChI is InChI=1S/C22H21ClN2O3/c1-14-5-4-6-15(9-14)12-24-21-11-19(23)18(13-25-21)16-7-8-20(27-2)17(10-16)22(26)28-3/h4-11,13H,12H2,1-3H3,(H,24,25). The predicted molar refractivity (Wildman–Crippen MR) is 111 cm³/mol. The first-order valence-corrected chi connectivity index (χ1v) is 9.11. The number of methoxy groups -OCH3 is 2. The minimum atomic E-state index is -0.473. The number of carbonyl (C=O) groups excluding carboxylic acids is 1. The summed E-state index contributed by atoms with van der Waals surface area (Å²) in [6, 6.07) is 15.3. The summed E-state index contributed by atoms with van der Waals surface area (Å²) in [5, 5.41) is 3.81. The lowest BCUT2D eigenvalue weighted by Gasteiger charge is -2.12. The molecule has 3 aromatic rings. The third-order valence-electron chi connectivity index (χ3n) is 4.33. The molecule has 0 saturated heterocycles. The van der Waals surface area contributed by atoms with Crippen molar-refractivity contribution in [3.8, 4) is 16.9 Å². The zero-order valence-corrected chi connectivity index (χ0v) is 16.7. The summed E-state index contributed by atoms with van der Waals surface area (Å²) < 4.78 is 10.1. The Bertz CT molecular complexity index is 1000. The van der Waals surface area contributed by atoms with Crippen LogP contribution in [0.15, 0.2) is 54.7 Å². The van der Waals surface area contributed by atoms with Crippen LogP contribution in [0.2, 0.25) is 5.02 Å². The Labute approximate surface area is 169 Å². The molecule has 144 valence electrons. The maximum Gasteiger partial charge on any atom is 0.341 e. The third kappa shape index (κ3) is 4.43. The van der Waals surface area contributed by atoms with Crippen molar-refractivity contribution in [3.05, 3.63) is 76.4 Å². The quantitative estimate of drug-likeness (QED) is 0.586. The van der Waals surface area contributed by atoms with Gasteiger partial charge in [-0.25, -0.2) is 9.78 Å². The Morgan fingerprint density at radius 1 is 1.14 bits per heavy atom. The minimum Gasteiger partial charge on any atom is -0.496 e. The molecule has 5 nitrogen and oxygen atoms in total. The highest BCUT2D eigenvalue weighted by molar-refractivity contribution is 6.33. The van der Waals surface area contributed by atoms with E-state index in [4.69, 9.17) is 21.1 Å². The molecule has 2 aromatic carbocycles. The van der Waals surface area contributed by atoms with Crippen LogP contribution in [0.1, 0.15) is 21.5 Å². The number of aryl methyl sites for hydroxylation is 1. The fourth-order valence-corrected chi connectivity index (χ4v) is 3.16. The highest BCUT2D eigenvalue weighted by atomic mass is 35.5. The number of hydrogen-bond acceptors (Lipinski definition) is 5. The van der Waals surface area contributed by atoms with E-state index in [0.29, 0.717) is 28.7 Å². The van der Waals surface area contributed by atoms with Gasteiger partial charge < -0.3 is 14.8 Å². The van der Waals surface area contributed by atoms with Gasteiger partial charge in [-0.2, -0.15) is 0 Å². The monoisotopic (exact) mass is 396 g/mol. The second-order valence-electron chi connectivity index (χ2n) is 6.30. The zero-order chi connectivity index (χ0) is 20.1. The van der Waals surface area contributed by atoms with E-state index >= 15 is 0 Å². The van der Waals surface area contributed by atoms with Gasteiger partial charge in [-0.3, -0.25) is 0 Å². The summed E-state index contributed by atoms with van der Waals surface area (Å²) in [5.41, 5.74) is 4.18. The maximum atomic E-state index is 12.0. The van der Waals surface area contributed by atoms with E-state index in [2.05, 4.69) is 35.4 Å². The Balaban J connectivity index is 1.83. The average Bonchev–Trinajstić information content (AvgIpc) is 2.71. The summed E-state index contributed by atoms with van der Waals surface area (Å²) in [6.07, 6.45) is 1.68. The largest absolute Gasteiger partial charge is 0.496 e. The molecule has 0 spiro atoms. The zero-order valence-electron chi connectivity index (χ0n) is 16.0. The molecule has 1 aromatic heterocycles. The van der Waals surface area contributed by atoms with Crippen LogP contribution in [-0.2, 0) is 11.3 Å². The van der Waals surface area contributed by atoms with Crippen LogP contribution in [0.25, 0.3) is 11.1 Å². The van der Waals surface area contributed by atoms with Gasteiger partial charge >= 0.3 is 5.97 Å². The van der Waals surface area contributed by atoms with Gasteiger partial charge in [0.15, 0.2) is 0 Å². The van der Waals surface area contributed by atoms with Gasteiger partial charge in [-0.05, 0) is 36.2 Å². The highest BCUT2D eigenvalue weighted by Crippen LogP contribution is 2.32. The summed E-state index contributed by atoms with van der Waals surface area (Å²) >= 11 is 6.48. The van der Waals surface area contributed by atoms with E-state index in [1.807, 2.05) is 12.1 Å². The number of hydrogen-bond donors (Lipinski definition) is 1. The van der Waals surface area contributed by atoms with Crippen molar-refractivity contribution in [2.75, 3.05) is 19.5 Å². The summed E-state index contributed by atoms with van der Waals surface area (Å²) in [5.74, 6) is 0.646. The van der Waals surface area contributed by atoms with E-state index in [1.54, 1.807) is 24.4 Å². The van der Waals surface area contributed by atoms with Crippen LogP contribution in [0, 0.1) is 6.92 Å². The fourth-order valence-electron chi connectivity index (χ4n) is 2.90. The molecule has 0 aliphatic rings. The first kappa shape index (κ1) is 19.7. The topological polar surface area (TPSA) is 60.5 Å². The van der Waals surface area contributed by atoms with Crippen LogP contribution in [0.3, 0.4) is 0 Å². The second-order valence-corrected chi connectivity index (χ2v) is 6.71. The number of anilines is 1. The van der Waals surface area contributed by atoms with Gasteiger partial charge in [0.1, 0.15) is 17.1 Å².